The van der Waals surface area contributed by atoms with Crippen LogP contribution in [0.15, 0.2) is 24.3 Å². The molecule has 20 heavy (non-hydrogen) atoms. The standard InChI is InChI=1S/C16H23NO3/c1-19-16(18)15-8-3-2-6-13(15)12-20-11-9-14-7-4-5-10-17-14/h2-3,6,8,14,17H,4-5,7,9-12H2,1H3/t14-/m1/s1. The van der Waals surface area contributed by atoms with Gasteiger partial charge in [0.25, 0.3) is 0 Å². The molecule has 4 heteroatoms. The van der Waals surface area contributed by atoms with Gasteiger partial charge < -0.3 is 14.8 Å². The Labute approximate surface area is 120 Å². The zero-order valence-corrected chi connectivity index (χ0v) is 12.1. The summed E-state index contributed by atoms with van der Waals surface area (Å²) in [6.07, 6.45) is 4.86. The van der Waals surface area contributed by atoms with Gasteiger partial charge in [0.2, 0.25) is 0 Å². The summed E-state index contributed by atoms with van der Waals surface area (Å²) >= 11 is 0. The van der Waals surface area contributed by atoms with Crippen molar-refractivity contribution in [2.45, 2.75) is 38.3 Å². The van der Waals surface area contributed by atoms with Crippen LogP contribution < -0.4 is 5.32 Å². The maximum absolute atomic E-state index is 11.6. The highest BCUT2D eigenvalue weighted by atomic mass is 16.5. The molecule has 110 valence electrons. The number of hydrogen-bond acceptors (Lipinski definition) is 4. The summed E-state index contributed by atoms with van der Waals surface area (Å²) in [5, 5.41) is 3.50. The van der Waals surface area contributed by atoms with E-state index in [4.69, 9.17) is 9.47 Å². The van der Waals surface area contributed by atoms with Crippen molar-refractivity contribution >= 4 is 5.97 Å². The lowest BCUT2D eigenvalue weighted by atomic mass is 10.0. The van der Waals surface area contributed by atoms with Crippen molar-refractivity contribution < 1.29 is 14.3 Å². The van der Waals surface area contributed by atoms with Gasteiger partial charge in [-0.2, -0.15) is 0 Å². The number of carbonyl (C=O) groups is 1. The van der Waals surface area contributed by atoms with Crippen molar-refractivity contribution in [2.75, 3.05) is 20.3 Å². The van der Waals surface area contributed by atoms with E-state index in [0.29, 0.717) is 24.8 Å². The molecule has 2 rings (SSSR count). The molecule has 1 aromatic carbocycles. The number of piperidine rings is 1. The zero-order valence-electron chi connectivity index (χ0n) is 12.1. The first-order chi connectivity index (χ1) is 9.81. The molecule has 1 saturated heterocycles. The van der Waals surface area contributed by atoms with E-state index in [1.807, 2.05) is 18.2 Å². The van der Waals surface area contributed by atoms with Crippen LogP contribution in [0.4, 0.5) is 0 Å². The lowest BCUT2D eigenvalue weighted by Crippen LogP contribution is -2.34. The fraction of sp³-hybridized carbons (Fsp3) is 0.562. The van der Waals surface area contributed by atoms with Crippen molar-refractivity contribution in [1.29, 1.82) is 0 Å². The van der Waals surface area contributed by atoms with Crippen LogP contribution in [-0.4, -0.2) is 32.3 Å². The van der Waals surface area contributed by atoms with Crippen LogP contribution in [0.1, 0.15) is 41.6 Å². The van der Waals surface area contributed by atoms with Crippen LogP contribution in [0.3, 0.4) is 0 Å². The highest BCUT2D eigenvalue weighted by Gasteiger charge is 2.13. The number of rotatable bonds is 6. The molecule has 0 spiro atoms. The summed E-state index contributed by atoms with van der Waals surface area (Å²) in [6, 6.07) is 8.01. The maximum Gasteiger partial charge on any atom is 0.338 e. The van der Waals surface area contributed by atoms with Gasteiger partial charge in [0.05, 0.1) is 19.3 Å². The SMILES string of the molecule is COC(=O)c1ccccc1COCC[C@H]1CCCCN1. The van der Waals surface area contributed by atoms with Gasteiger partial charge in [-0.25, -0.2) is 4.79 Å². The van der Waals surface area contributed by atoms with Crippen molar-refractivity contribution in [1.82, 2.24) is 5.32 Å². The molecule has 0 radical (unpaired) electrons. The topological polar surface area (TPSA) is 47.6 Å². The number of benzene rings is 1. The van der Waals surface area contributed by atoms with Gasteiger partial charge in [0, 0.05) is 12.6 Å². The van der Waals surface area contributed by atoms with Crippen molar-refractivity contribution in [2.24, 2.45) is 0 Å². The molecule has 0 aromatic heterocycles. The predicted octanol–water partition coefficient (Wildman–Crippen LogP) is 2.52. The Morgan fingerprint density at radius 2 is 2.20 bits per heavy atom. The monoisotopic (exact) mass is 277 g/mol. The Bertz CT molecular complexity index is 427. The molecular weight excluding hydrogens is 254 g/mol. The van der Waals surface area contributed by atoms with Crippen LogP contribution >= 0.6 is 0 Å². The summed E-state index contributed by atoms with van der Waals surface area (Å²) in [5.41, 5.74) is 1.47. The predicted molar refractivity (Wildman–Crippen MR) is 77.7 cm³/mol. The van der Waals surface area contributed by atoms with E-state index in [1.165, 1.54) is 26.4 Å². The first kappa shape index (κ1) is 15.0. The first-order valence-electron chi connectivity index (χ1n) is 7.28. The molecule has 4 nitrogen and oxygen atoms in total. The molecule has 1 atom stereocenters. The third-order valence-electron chi connectivity index (χ3n) is 3.70. The number of esters is 1. The van der Waals surface area contributed by atoms with E-state index in [0.717, 1.165) is 18.5 Å². The normalized spacial score (nSPS) is 18.8. The molecule has 1 fully saturated rings. The molecule has 1 N–H and O–H groups in total. The van der Waals surface area contributed by atoms with Crippen molar-refractivity contribution in [3.8, 4) is 0 Å². The second kappa shape index (κ2) is 8.02. The van der Waals surface area contributed by atoms with Crippen LogP contribution in [0.25, 0.3) is 0 Å². The molecule has 0 amide bonds. The number of carbonyl (C=O) groups excluding carboxylic acids is 1. The van der Waals surface area contributed by atoms with E-state index in [1.54, 1.807) is 6.07 Å². The molecule has 1 aromatic rings. The number of ether oxygens (including phenoxy) is 2. The number of nitrogens with one attached hydrogen (secondary N) is 1. The molecule has 1 heterocycles. The van der Waals surface area contributed by atoms with Gasteiger partial charge in [-0.05, 0) is 37.4 Å². The number of methoxy groups -OCH3 is 1. The molecular formula is C16H23NO3. The minimum Gasteiger partial charge on any atom is -0.465 e. The molecule has 0 aliphatic carbocycles. The van der Waals surface area contributed by atoms with Crippen LogP contribution in [-0.2, 0) is 16.1 Å². The Morgan fingerprint density at radius 1 is 1.35 bits per heavy atom. The van der Waals surface area contributed by atoms with Crippen molar-refractivity contribution in [3.63, 3.8) is 0 Å². The second-order valence-corrected chi connectivity index (χ2v) is 5.14. The Hall–Kier alpha value is -1.39. The molecule has 0 bridgehead atoms. The van der Waals surface area contributed by atoms with Crippen LogP contribution in [0, 0.1) is 0 Å². The minimum absolute atomic E-state index is 0.307. The third-order valence-corrected chi connectivity index (χ3v) is 3.70. The summed E-state index contributed by atoms with van der Waals surface area (Å²) in [5.74, 6) is -0.307. The van der Waals surface area contributed by atoms with E-state index >= 15 is 0 Å². The Morgan fingerprint density at radius 3 is 2.95 bits per heavy atom. The summed E-state index contributed by atoms with van der Waals surface area (Å²) in [7, 11) is 1.40. The molecule has 0 unspecified atom stereocenters. The van der Waals surface area contributed by atoms with Crippen LogP contribution in [0.2, 0.25) is 0 Å². The van der Waals surface area contributed by atoms with Gasteiger partial charge >= 0.3 is 5.97 Å². The van der Waals surface area contributed by atoms with E-state index < -0.39 is 0 Å². The smallest absolute Gasteiger partial charge is 0.338 e. The second-order valence-electron chi connectivity index (χ2n) is 5.14. The Balaban J connectivity index is 1.77. The minimum atomic E-state index is -0.307. The van der Waals surface area contributed by atoms with E-state index in [-0.39, 0.29) is 5.97 Å². The fourth-order valence-electron chi connectivity index (χ4n) is 2.53. The van der Waals surface area contributed by atoms with Crippen molar-refractivity contribution in [3.05, 3.63) is 35.4 Å². The van der Waals surface area contributed by atoms with Crippen LogP contribution in [0.5, 0.6) is 0 Å². The first-order valence-corrected chi connectivity index (χ1v) is 7.28. The third kappa shape index (κ3) is 4.32. The molecule has 0 saturated carbocycles. The van der Waals surface area contributed by atoms with Gasteiger partial charge in [-0.3, -0.25) is 0 Å². The fourth-order valence-corrected chi connectivity index (χ4v) is 2.53. The summed E-state index contributed by atoms with van der Waals surface area (Å²) in [6.45, 7) is 2.29. The van der Waals surface area contributed by atoms with Gasteiger partial charge in [0.15, 0.2) is 0 Å². The summed E-state index contributed by atoms with van der Waals surface area (Å²) in [4.78, 5) is 11.6. The van der Waals surface area contributed by atoms with E-state index in [2.05, 4.69) is 5.32 Å². The quantitative estimate of drug-likeness (QED) is 0.641. The maximum atomic E-state index is 11.6. The zero-order chi connectivity index (χ0) is 14.2. The largest absolute Gasteiger partial charge is 0.465 e. The van der Waals surface area contributed by atoms with Gasteiger partial charge in [0.1, 0.15) is 0 Å². The Kier molecular flexibility index (Phi) is 6.02. The summed E-state index contributed by atoms with van der Waals surface area (Å²) < 4.78 is 10.5. The number of hydrogen-bond donors (Lipinski definition) is 1. The molecule has 1 aliphatic heterocycles. The average molecular weight is 277 g/mol. The van der Waals surface area contributed by atoms with Gasteiger partial charge in [-0.15, -0.1) is 0 Å². The van der Waals surface area contributed by atoms with Gasteiger partial charge in [-0.1, -0.05) is 24.6 Å². The molecule has 1 aliphatic rings. The lowest BCUT2D eigenvalue weighted by Gasteiger charge is -2.23. The lowest BCUT2D eigenvalue weighted by molar-refractivity contribution is 0.0590. The highest BCUT2D eigenvalue weighted by molar-refractivity contribution is 5.90. The van der Waals surface area contributed by atoms with E-state index in [9.17, 15) is 4.79 Å². The highest BCUT2D eigenvalue weighted by Crippen LogP contribution is 2.13. The average Bonchev–Trinajstić information content (AvgIpc) is 2.52.